The van der Waals surface area contributed by atoms with Crippen LogP contribution in [-0.4, -0.2) is 29.3 Å². The third-order valence-corrected chi connectivity index (χ3v) is 3.15. The van der Waals surface area contributed by atoms with E-state index in [1.807, 2.05) is 0 Å². The number of hydrogen-bond donors (Lipinski definition) is 2. The summed E-state index contributed by atoms with van der Waals surface area (Å²) in [6, 6.07) is -0.369. The molecule has 0 radical (unpaired) electrons. The molecule has 2 fully saturated rings. The molecule has 0 spiro atoms. The number of carbonyl (C=O) groups excluding carboxylic acids is 1. The number of fused-ring (bicyclic) bond motifs is 1. The summed E-state index contributed by atoms with van der Waals surface area (Å²) < 4.78 is 13.7. The van der Waals surface area contributed by atoms with Crippen LogP contribution in [0.1, 0.15) is 13.3 Å². The SMILES string of the molecule is CC1C2C(CO)NC(=O)CC12F. The Morgan fingerprint density at radius 2 is 2.50 bits per heavy atom. The molecule has 12 heavy (non-hydrogen) atoms. The van der Waals surface area contributed by atoms with Crippen LogP contribution in [0.5, 0.6) is 0 Å². The van der Waals surface area contributed by atoms with Crippen LogP contribution in [0, 0.1) is 11.8 Å². The second-order valence-electron chi connectivity index (χ2n) is 3.77. The first kappa shape index (κ1) is 7.98. The summed E-state index contributed by atoms with van der Waals surface area (Å²) in [6.07, 6.45) is -0.0324. The zero-order valence-electron chi connectivity index (χ0n) is 6.88. The largest absolute Gasteiger partial charge is 0.394 e. The average molecular weight is 173 g/mol. The molecule has 1 aliphatic heterocycles. The molecule has 68 valence electrons. The molecule has 1 saturated heterocycles. The average Bonchev–Trinajstić information content (AvgIpc) is 2.52. The number of nitrogens with one attached hydrogen (secondary N) is 1. The summed E-state index contributed by atoms with van der Waals surface area (Å²) in [4.78, 5) is 11.0. The summed E-state index contributed by atoms with van der Waals surface area (Å²) in [7, 11) is 0. The van der Waals surface area contributed by atoms with Crippen molar-refractivity contribution in [2.24, 2.45) is 11.8 Å². The van der Waals surface area contributed by atoms with Gasteiger partial charge in [-0.05, 0) is 5.92 Å². The standard InChI is InChI=1S/C8H12FNO2/c1-4-7-5(3-11)10-6(12)2-8(4,7)9/h4-5,7,11H,2-3H2,1H3,(H,10,12). The number of piperidine rings is 1. The molecule has 0 bridgehead atoms. The predicted molar refractivity (Wildman–Crippen MR) is 40.1 cm³/mol. The molecule has 1 amide bonds. The number of hydrogen-bond acceptors (Lipinski definition) is 2. The molecule has 0 aromatic rings. The third-order valence-electron chi connectivity index (χ3n) is 3.15. The highest BCUT2D eigenvalue weighted by Crippen LogP contribution is 2.59. The number of alkyl halides is 1. The normalized spacial score (nSPS) is 51.2. The van der Waals surface area contributed by atoms with Gasteiger partial charge in [0, 0.05) is 5.92 Å². The molecule has 2 N–H and O–H groups in total. The van der Waals surface area contributed by atoms with Crippen molar-refractivity contribution in [1.82, 2.24) is 5.32 Å². The van der Waals surface area contributed by atoms with Gasteiger partial charge in [0.1, 0.15) is 5.67 Å². The maximum atomic E-state index is 13.7. The second-order valence-corrected chi connectivity index (χ2v) is 3.77. The highest BCUT2D eigenvalue weighted by Gasteiger charge is 2.69. The van der Waals surface area contributed by atoms with E-state index in [1.165, 1.54) is 0 Å². The van der Waals surface area contributed by atoms with Crippen LogP contribution in [0.4, 0.5) is 4.39 Å². The predicted octanol–water partition coefficient (Wildman–Crippen LogP) is -0.159. The molecular formula is C8H12FNO2. The Morgan fingerprint density at radius 3 is 3.08 bits per heavy atom. The first-order chi connectivity index (χ1) is 5.59. The molecule has 3 nitrogen and oxygen atoms in total. The van der Waals surface area contributed by atoms with Gasteiger partial charge >= 0.3 is 0 Å². The van der Waals surface area contributed by atoms with Gasteiger partial charge in [0.15, 0.2) is 0 Å². The van der Waals surface area contributed by atoms with Gasteiger partial charge in [0.05, 0.1) is 19.1 Å². The number of amides is 1. The van der Waals surface area contributed by atoms with Crippen molar-refractivity contribution < 1.29 is 14.3 Å². The lowest BCUT2D eigenvalue weighted by Gasteiger charge is -2.22. The van der Waals surface area contributed by atoms with E-state index in [-0.39, 0.29) is 36.8 Å². The molecular weight excluding hydrogens is 161 g/mol. The van der Waals surface area contributed by atoms with Gasteiger partial charge in [0.25, 0.3) is 0 Å². The number of carbonyl (C=O) groups is 1. The molecule has 4 atom stereocenters. The lowest BCUT2D eigenvalue weighted by molar-refractivity contribution is -0.125. The number of halogens is 1. The molecule has 4 heteroatoms. The number of aliphatic hydroxyl groups excluding tert-OH is 1. The maximum absolute atomic E-state index is 13.7. The molecule has 0 aromatic heterocycles. The van der Waals surface area contributed by atoms with Crippen LogP contribution in [0.2, 0.25) is 0 Å². The zero-order chi connectivity index (χ0) is 8.93. The summed E-state index contributed by atoms with van der Waals surface area (Å²) in [5.74, 6) is -0.536. The highest BCUT2D eigenvalue weighted by molar-refractivity contribution is 5.80. The molecule has 1 heterocycles. The molecule has 2 aliphatic rings. The van der Waals surface area contributed by atoms with E-state index in [0.29, 0.717) is 0 Å². The zero-order valence-corrected chi connectivity index (χ0v) is 6.88. The van der Waals surface area contributed by atoms with Gasteiger partial charge in [0.2, 0.25) is 5.91 Å². The van der Waals surface area contributed by atoms with Crippen molar-refractivity contribution in [2.75, 3.05) is 6.61 Å². The topological polar surface area (TPSA) is 49.3 Å². The Kier molecular flexibility index (Phi) is 1.46. The van der Waals surface area contributed by atoms with E-state index in [9.17, 15) is 9.18 Å². The third kappa shape index (κ3) is 0.813. The number of rotatable bonds is 1. The smallest absolute Gasteiger partial charge is 0.223 e. The molecule has 1 aliphatic carbocycles. The van der Waals surface area contributed by atoms with Crippen LogP contribution in [0.25, 0.3) is 0 Å². The quantitative estimate of drug-likeness (QED) is 0.579. The van der Waals surface area contributed by atoms with Crippen molar-refractivity contribution in [2.45, 2.75) is 25.1 Å². The Balaban J connectivity index is 2.17. The minimum absolute atomic E-state index is 0.0324. The fourth-order valence-electron chi connectivity index (χ4n) is 2.34. The van der Waals surface area contributed by atoms with Crippen molar-refractivity contribution >= 4 is 5.91 Å². The first-order valence-corrected chi connectivity index (χ1v) is 4.18. The summed E-state index contributed by atoms with van der Waals surface area (Å²) >= 11 is 0. The molecule has 1 saturated carbocycles. The first-order valence-electron chi connectivity index (χ1n) is 4.18. The van der Waals surface area contributed by atoms with Crippen molar-refractivity contribution in [1.29, 1.82) is 0 Å². The van der Waals surface area contributed by atoms with Gasteiger partial charge in [-0.25, -0.2) is 4.39 Å². The van der Waals surface area contributed by atoms with E-state index >= 15 is 0 Å². The van der Waals surface area contributed by atoms with Gasteiger partial charge in [-0.1, -0.05) is 6.92 Å². The molecule has 2 rings (SSSR count). The minimum atomic E-state index is -1.32. The Morgan fingerprint density at radius 1 is 1.83 bits per heavy atom. The van der Waals surface area contributed by atoms with Crippen LogP contribution in [-0.2, 0) is 4.79 Å². The maximum Gasteiger partial charge on any atom is 0.223 e. The fourth-order valence-corrected chi connectivity index (χ4v) is 2.34. The lowest BCUT2D eigenvalue weighted by Crippen LogP contribution is -2.46. The van der Waals surface area contributed by atoms with E-state index in [2.05, 4.69) is 5.32 Å². The summed E-state index contributed by atoms with van der Waals surface area (Å²) in [6.45, 7) is 1.63. The fraction of sp³-hybridized carbons (Fsp3) is 0.875. The lowest BCUT2D eigenvalue weighted by atomic mass is 10.0. The van der Waals surface area contributed by atoms with Gasteiger partial charge in [-0.3, -0.25) is 4.79 Å². The van der Waals surface area contributed by atoms with Crippen molar-refractivity contribution in [3.8, 4) is 0 Å². The monoisotopic (exact) mass is 173 g/mol. The summed E-state index contributed by atoms with van der Waals surface area (Å²) in [5.41, 5.74) is -1.32. The molecule has 4 unspecified atom stereocenters. The van der Waals surface area contributed by atoms with Crippen LogP contribution in [0.15, 0.2) is 0 Å². The minimum Gasteiger partial charge on any atom is -0.394 e. The van der Waals surface area contributed by atoms with Crippen LogP contribution in [0.3, 0.4) is 0 Å². The van der Waals surface area contributed by atoms with Crippen LogP contribution >= 0.6 is 0 Å². The Hall–Kier alpha value is -0.640. The Labute approximate surface area is 70.0 Å². The van der Waals surface area contributed by atoms with Crippen molar-refractivity contribution in [3.05, 3.63) is 0 Å². The second kappa shape index (κ2) is 2.19. The van der Waals surface area contributed by atoms with E-state index in [4.69, 9.17) is 5.11 Å². The van der Waals surface area contributed by atoms with Crippen molar-refractivity contribution in [3.63, 3.8) is 0 Å². The van der Waals surface area contributed by atoms with Gasteiger partial charge < -0.3 is 10.4 Å². The van der Waals surface area contributed by atoms with Gasteiger partial charge in [-0.2, -0.15) is 0 Å². The number of aliphatic hydroxyl groups is 1. The molecule has 0 aromatic carbocycles. The van der Waals surface area contributed by atoms with Gasteiger partial charge in [-0.15, -0.1) is 0 Å². The summed E-state index contributed by atoms with van der Waals surface area (Å²) in [5, 5.41) is 11.4. The highest BCUT2D eigenvalue weighted by atomic mass is 19.1. The van der Waals surface area contributed by atoms with E-state index < -0.39 is 5.67 Å². The van der Waals surface area contributed by atoms with Crippen LogP contribution < -0.4 is 5.32 Å². The Bertz CT molecular complexity index is 233. The van der Waals surface area contributed by atoms with E-state index in [1.54, 1.807) is 6.92 Å². The van der Waals surface area contributed by atoms with E-state index in [0.717, 1.165) is 0 Å².